The van der Waals surface area contributed by atoms with E-state index in [9.17, 15) is 14.4 Å². The molecule has 1 aromatic carbocycles. The molecule has 0 aliphatic carbocycles. The van der Waals surface area contributed by atoms with E-state index in [0.717, 1.165) is 12.0 Å². The van der Waals surface area contributed by atoms with E-state index < -0.39 is 11.6 Å². The lowest BCUT2D eigenvalue weighted by Gasteiger charge is -2.12. The number of aryl methyl sites for hydroxylation is 2. The van der Waals surface area contributed by atoms with Crippen molar-refractivity contribution in [3.8, 4) is 5.75 Å². The van der Waals surface area contributed by atoms with Crippen molar-refractivity contribution in [1.82, 2.24) is 0 Å². The molecule has 0 atom stereocenters. The summed E-state index contributed by atoms with van der Waals surface area (Å²) in [6.45, 7) is 3.86. The highest BCUT2D eigenvalue weighted by atomic mass is 16.6. The van der Waals surface area contributed by atoms with Crippen LogP contribution in [-0.2, 0) is 25.5 Å². The molecule has 0 unspecified atom stereocenters. The molecule has 0 fully saturated rings. The molecule has 0 bridgehead atoms. The van der Waals surface area contributed by atoms with Crippen LogP contribution in [0.25, 0.3) is 11.0 Å². The molecule has 1 heterocycles. The van der Waals surface area contributed by atoms with E-state index in [1.54, 1.807) is 13.0 Å². The Morgan fingerprint density at radius 2 is 1.92 bits per heavy atom. The average molecular weight is 362 g/mol. The maximum absolute atomic E-state index is 11.8. The van der Waals surface area contributed by atoms with Crippen LogP contribution in [0, 0.1) is 6.92 Å². The van der Waals surface area contributed by atoms with Crippen molar-refractivity contribution in [1.29, 1.82) is 0 Å². The predicted molar refractivity (Wildman–Crippen MR) is 94.3 cm³/mol. The van der Waals surface area contributed by atoms with Crippen molar-refractivity contribution in [2.24, 2.45) is 0 Å². The van der Waals surface area contributed by atoms with Gasteiger partial charge >= 0.3 is 17.6 Å². The van der Waals surface area contributed by atoms with Gasteiger partial charge in [-0.1, -0.05) is 6.92 Å². The summed E-state index contributed by atoms with van der Waals surface area (Å²) in [7, 11) is 1.38. The van der Waals surface area contributed by atoms with Gasteiger partial charge in [0.2, 0.25) is 0 Å². The van der Waals surface area contributed by atoms with E-state index in [0.29, 0.717) is 29.6 Å². The van der Waals surface area contributed by atoms with Crippen molar-refractivity contribution in [2.45, 2.75) is 33.1 Å². The molecular weight excluding hydrogens is 340 g/mol. The third kappa shape index (κ3) is 5.16. The van der Waals surface area contributed by atoms with Crippen molar-refractivity contribution >= 4 is 22.9 Å². The fraction of sp³-hybridized carbons (Fsp3) is 0.421. The average Bonchev–Trinajstić information content (AvgIpc) is 2.58. The Hall–Kier alpha value is -2.67. The normalized spacial score (nSPS) is 10.7. The number of hydrogen-bond donors (Lipinski definition) is 0. The molecule has 0 N–H and O–H groups in total. The summed E-state index contributed by atoms with van der Waals surface area (Å²) in [5.41, 5.74) is 1.21. The van der Waals surface area contributed by atoms with Crippen LogP contribution in [0.5, 0.6) is 5.75 Å². The molecule has 0 amide bonds. The van der Waals surface area contributed by atoms with Crippen molar-refractivity contribution in [3.05, 3.63) is 39.7 Å². The summed E-state index contributed by atoms with van der Waals surface area (Å²) in [6.07, 6.45) is 1.22. The van der Waals surface area contributed by atoms with Gasteiger partial charge in [0.1, 0.15) is 17.9 Å². The Labute approximate surface area is 150 Å². The number of carbonyl (C=O) groups is 2. The second-order valence-corrected chi connectivity index (χ2v) is 5.83. The molecule has 0 aliphatic heterocycles. The van der Waals surface area contributed by atoms with Crippen molar-refractivity contribution < 1.29 is 28.2 Å². The first-order chi connectivity index (χ1) is 12.4. The fourth-order valence-corrected chi connectivity index (χ4v) is 2.48. The minimum atomic E-state index is -0.586. The molecule has 0 saturated carbocycles. The maximum atomic E-state index is 11.8. The van der Waals surface area contributed by atoms with Crippen LogP contribution in [0.2, 0.25) is 0 Å². The highest BCUT2D eigenvalue weighted by Gasteiger charge is 2.15. The summed E-state index contributed by atoms with van der Waals surface area (Å²) in [6, 6.07) is 4.64. The summed E-state index contributed by atoms with van der Waals surface area (Å²) < 4.78 is 20.3. The Morgan fingerprint density at radius 1 is 1.15 bits per heavy atom. The number of hydrogen-bond acceptors (Lipinski definition) is 7. The van der Waals surface area contributed by atoms with Crippen LogP contribution in [0.4, 0.5) is 0 Å². The number of ether oxygens (including phenoxy) is 3. The maximum Gasteiger partial charge on any atom is 0.337 e. The zero-order chi connectivity index (χ0) is 19.1. The first kappa shape index (κ1) is 19.7. The van der Waals surface area contributed by atoms with E-state index >= 15 is 0 Å². The van der Waals surface area contributed by atoms with Crippen LogP contribution in [0.15, 0.2) is 27.4 Å². The van der Waals surface area contributed by atoms with Gasteiger partial charge in [-0.2, -0.15) is 0 Å². The topological polar surface area (TPSA) is 92.0 Å². The Kier molecular flexibility index (Phi) is 6.91. The van der Waals surface area contributed by atoms with Crippen LogP contribution >= 0.6 is 0 Å². The van der Waals surface area contributed by atoms with Crippen molar-refractivity contribution in [3.63, 3.8) is 0 Å². The first-order valence-corrected chi connectivity index (χ1v) is 8.37. The van der Waals surface area contributed by atoms with E-state index in [2.05, 4.69) is 0 Å². The van der Waals surface area contributed by atoms with Crippen LogP contribution < -0.4 is 10.4 Å². The van der Waals surface area contributed by atoms with Gasteiger partial charge in [-0.25, -0.2) is 9.59 Å². The molecule has 7 heteroatoms. The molecule has 0 saturated heterocycles. The Balaban J connectivity index is 2.35. The number of rotatable bonds is 8. The largest absolute Gasteiger partial charge is 0.466 e. The number of fused-ring (bicyclic) bond motifs is 1. The zero-order valence-corrected chi connectivity index (χ0v) is 15.1. The van der Waals surface area contributed by atoms with Gasteiger partial charge in [-0.15, -0.1) is 0 Å². The molecule has 1 aromatic heterocycles. The second kappa shape index (κ2) is 9.15. The number of benzene rings is 1. The molecule has 0 radical (unpaired) electrons. The highest BCUT2D eigenvalue weighted by molar-refractivity contribution is 5.84. The third-order valence-electron chi connectivity index (χ3n) is 3.68. The van der Waals surface area contributed by atoms with Gasteiger partial charge in [0, 0.05) is 31.0 Å². The van der Waals surface area contributed by atoms with Gasteiger partial charge < -0.3 is 18.6 Å². The third-order valence-corrected chi connectivity index (χ3v) is 3.68. The Morgan fingerprint density at radius 3 is 2.62 bits per heavy atom. The molecule has 0 spiro atoms. The number of esters is 2. The van der Waals surface area contributed by atoms with E-state index in [4.69, 9.17) is 18.6 Å². The number of methoxy groups -OCH3 is 1. The van der Waals surface area contributed by atoms with Crippen LogP contribution in [0.1, 0.15) is 30.9 Å². The summed E-state index contributed by atoms with van der Waals surface area (Å²) in [5, 5.41) is 0.716. The molecule has 7 nitrogen and oxygen atoms in total. The quantitative estimate of drug-likeness (QED) is 0.405. The zero-order valence-electron chi connectivity index (χ0n) is 15.1. The number of carbonyl (C=O) groups excluding carboxylic acids is 2. The summed E-state index contributed by atoms with van der Waals surface area (Å²) in [4.78, 5) is 35.1. The SMILES string of the molecule is CCCOC(=O)CCc1cc2c(C)cc(=O)oc2cc1OC(=O)COC. The lowest BCUT2D eigenvalue weighted by molar-refractivity contribution is -0.143. The Bertz CT molecular complexity index is 851. The lowest BCUT2D eigenvalue weighted by Crippen LogP contribution is -2.15. The molecule has 0 aliphatic rings. The molecule has 26 heavy (non-hydrogen) atoms. The standard InChI is InChI=1S/C19H22O7/c1-4-7-24-17(20)6-5-13-9-14-12(2)8-18(21)26-16(14)10-15(13)25-19(22)11-23-3/h8-10H,4-7,11H2,1-3H3. The summed E-state index contributed by atoms with van der Waals surface area (Å²) >= 11 is 0. The van der Waals surface area contributed by atoms with E-state index in [1.807, 2.05) is 6.92 Å². The van der Waals surface area contributed by atoms with E-state index in [1.165, 1.54) is 19.2 Å². The van der Waals surface area contributed by atoms with Crippen LogP contribution in [0.3, 0.4) is 0 Å². The second-order valence-electron chi connectivity index (χ2n) is 5.83. The van der Waals surface area contributed by atoms with Crippen LogP contribution in [-0.4, -0.2) is 32.3 Å². The van der Waals surface area contributed by atoms with Gasteiger partial charge in [0.25, 0.3) is 0 Å². The van der Waals surface area contributed by atoms with Crippen molar-refractivity contribution in [2.75, 3.05) is 20.3 Å². The van der Waals surface area contributed by atoms with E-state index in [-0.39, 0.29) is 24.7 Å². The molecule has 140 valence electrons. The van der Waals surface area contributed by atoms with Gasteiger partial charge in [-0.05, 0) is 37.0 Å². The summed E-state index contributed by atoms with van der Waals surface area (Å²) in [5.74, 6) is -0.675. The minimum absolute atomic E-state index is 0.149. The fourth-order valence-electron chi connectivity index (χ4n) is 2.48. The molecule has 2 rings (SSSR count). The van der Waals surface area contributed by atoms with Gasteiger partial charge in [0.05, 0.1) is 6.61 Å². The lowest BCUT2D eigenvalue weighted by atomic mass is 10.0. The minimum Gasteiger partial charge on any atom is -0.466 e. The highest BCUT2D eigenvalue weighted by Crippen LogP contribution is 2.28. The first-order valence-electron chi connectivity index (χ1n) is 8.37. The predicted octanol–water partition coefficient (Wildman–Crippen LogP) is 2.54. The molecular formula is C19H22O7. The smallest absolute Gasteiger partial charge is 0.337 e. The van der Waals surface area contributed by atoms with Gasteiger partial charge in [-0.3, -0.25) is 4.79 Å². The monoisotopic (exact) mass is 362 g/mol. The van der Waals surface area contributed by atoms with Gasteiger partial charge in [0.15, 0.2) is 0 Å². The molecule has 2 aromatic rings.